The van der Waals surface area contributed by atoms with Crippen LogP contribution >= 0.6 is 11.3 Å². The second kappa shape index (κ2) is 9.75. The Labute approximate surface area is 206 Å². The average molecular weight is 523 g/mol. The van der Waals surface area contributed by atoms with Crippen molar-refractivity contribution in [2.45, 2.75) is 37.4 Å². The quantitative estimate of drug-likeness (QED) is 0.444. The number of carbonyl (C=O) groups is 1. The number of halogens is 3. The monoisotopic (exact) mass is 522 g/mol. The molecule has 0 fully saturated rings. The van der Waals surface area contributed by atoms with E-state index in [0.29, 0.717) is 19.0 Å². The molecule has 4 rings (SSSR count). The molecule has 1 amide bonds. The molecule has 0 aliphatic carbocycles. The molecule has 186 valence electrons. The summed E-state index contributed by atoms with van der Waals surface area (Å²) in [6.07, 6.45) is -4.02. The van der Waals surface area contributed by atoms with E-state index < -0.39 is 39.1 Å². The van der Waals surface area contributed by atoms with Gasteiger partial charge in [0.1, 0.15) is 0 Å². The molecule has 10 heteroatoms. The van der Waals surface area contributed by atoms with E-state index >= 15 is 0 Å². The molecule has 0 spiro atoms. The fourth-order valence-electron chi connectivity index (χ4n) is 4.40. The van der Waals surface area contributed by atoms with E-state index in [-0.39, 0.29) is 12.6 Å². The van der Waals surface area contributed by atoms with Crippen molar-refractivity contribution >= 4 is 27.3 Å². The van der Waals surface area contributed by atoms with E-state index in [0.717, 1.165) is 39.2 Å². The third-order valence-electron chi connectivity index (χ3n) is 6.23. The van der Waals surface area contributed by atoms with Crippen molar-refractivity contribution in [2.24, 2.45) is 0 Å². The van der Waals surface area contributed by atoms with Crippen LogP contribution < -0.4 is 0 Å². The third kappa shape index (κ3) is 5.00. The van der Waals surface area contributed by atoms with Gasteiger partial charge in [-0.05, 0) is 59.7 Å². The van der Waals surface area contributed by atoms with Gasteiger partial charge in [0.15, 0.2) is 0 Å². The topological polar surface area (TPSA) is 57.7 Å². The minimum Gasteiger partial charge on any atom is -0.330 e. The van der Waals surface area contributed by atoms with Gasteiger partial charge in [0, 0.05) is 18.0 Å². The second-order valence-corrected chi connectivity index (χ2v) is 11.3. The number of hydrogen-bond donors (Lipinski definition) is 0. The van der Waals surface area contributed by atoms with Crippen LogP contribution in [0.2, 0.25) is 0 Å². The molecule has 0 radical (unpaired) electrons. The van der Waals surface area contributed by atoms with E-state index in [2.05, 4.69) is 0 Å². The van der Waals surface area contributed by atoms with Crippen LogP contribution in [0.1, 0.15) is 40.1 Å². The number of amides is 1. The first-order valence-electron chi connectivity index (χ1n) is 11.1. The van der Waals surface area contributed by atoms with E-state index in [9.17, 15) is 26.4 Å². The fourth-order valence-corrected chi connectivity index (χ4v) is 6.75. The third-order valence-corrected chi connectivity index (χ3v) is 9.15. The van der Waals surface area contributed by atoms with Gasteiger partial charge in [-0.2, -0.15) is 17.5 Å². The molecule has 2 aromatic carbocycles. The van der Waals surface area contributed by atoms with Gasteiger partial charge < -0.3 is 4.90 Å². The number of nitrogens with zero attached hydrogens (tertiary/aromatic N) is 2. The number of benzene rings is 2. The highest BCUT2D eigenvalue weighted by Gasteiger charge is 2.37. The molecular weight excluding hydrogens is 497 g/mol. The number of rotatable bonds is 6. The summed E-state index contributed by atoms with van der Waals surface area (Å²) in [5.74, 6) is -0.396. The molecular formula is C25H25F3N2O3S2. The zero-order chi connectivity index (χ0) is 25.4. The Kier molecular flexibility index (Phi) is 7.08. The summed E-state index contributed by atoms with van der Waals surface area (Å²) in [5.41, 5.74) is 1.94. The van der Waals surface area contributed by atoms with Crippen LogP contribution in [0.25, 0.3) is 0 Å². The Morgan fingerprint density at radius 1 is 1.11 bits per heavy atom. The number of thiophene rings is 1. The van der Waals surface area contributed by atoms with E-state index in [1.807, 2.05) is 42.6 Å². The molecule has 35 heavy (non-hydrogen) atoms. The number of likely N-dealkylation sites (N-methyl/N-ethyl adjacent to an activating group) is 1. The van der Waals surface area contributed by atoms with Crippen LogP contribution in [0.15, 0.2) is 64.9 Å². The predicted molar refractivity (Wildman–Crippen MR) is 129 cm³/mol. The first kappa shape index (κ1) is 25.4. The highest BCUT2D eigenvalue weighted by Crippen LogP contribution is 2.39. The molecule has 2 heterocycles. The van der Waals surface area contributed by atoms with Crippen LogP contribution in [0.3, 0.4) is 0 Å². The van der Waals surface area contributed by atoms with E-state index in [1.54, 1.807) is 23.2 Å². The largest absolute Gasteiger partial charge is 0.416 e. The first-order valence-corrected chi connectivity index (χ1v) is 13.4. The minimum atomic E-state index is -4.68. The number of hydrogen-bond acceptors (Lipinski definition) is 4. The van der Waals surface area contributed by atoms with Crippen LogP contribution in [-0.4, -0.2) is 43.2 Å². The van der Waals surface area contributed by atoms with Crippen molar-refractivity contribution < 1.29 is 26.4 Å². The number of fused-ring (bicyclic) bond motifs is 1. The maximum absolute atomic E-state index is 13.5. The maximum Gasteiger partial charge on any atom is 0.416 e. The van der Waals surface area contributed by atoms with Crippen molar-refractivity contribution in [3.63, 3.8) is 0 Å². The van der Waals surface area contributed by atoms with Crippen LogP contribution in [-0.2, 0) is 27.4 Å². The van der Waals surface area contributed by atoms with Gasteiger partial charge in [-0.3, -0.25) is 4.79 Å². The van der Waals surface area contributed by atoms with Crippen LogP contribution in [0.5, 0.6) is 0 Å². The molecule has 3 aromatic rings. The van der Waals surface area contributed by atoms with Crippen molar-refractivity contribution in [2.75, 3.05) is 19.6 Å². The molecule has 0 N–H and O–H groups in total. The lowest BCUT2D eigenvalue weighted by Crippen LogP contribution is -2.46. The van der Waals surface area contributed by atoms with Gasteiger partial charge in [-0.15, -0.1) is 11.3 Å². The zero-order valence-corrected chi connectivity index (χ0v) is 20.9. The highest BCUT2D eigenvalue weighted by molar-refractivity contribution is 7.89. The zero-order valence-electron chi connectivity index (χ0n) is 19.2. The lowest BCUT2D eigenvalue weighted by molar-refractivity contribution is -0.137. The van der Waals surface area contributed by atoms with Crippen LogP contribution in [0.4, 0.5) is 13.2 Å². The molecule has 1 atom stereocenters. The Hall–Kier alpha value is -2.69. The summed E-state index contributed by atoms with van der Waals surface area (Å²) in [6.45, 7) is 3.43. The second-order valence-electron chi connectivity index (χ2n) is 8.35. The summed E-state index contributed by atoms with van der Waals surface area (Å²) < 4.78 is 66.8. The SMILES string of the molecule is CCN(CC(=O)N1CCc2sccc2C1c1ccccc1C)S(=O)(=O)c1cccc(C(F)(F)F)c1. The molecule has 1 aliphatic rings. The molecule has 5 nitrogen and oxygen atoms in total. The first-order chi connectivity index (χ1) is 16.5. The number of carbonyl (C=O) groups excluding carboxylic acids is 1. The van der Waals surface area contributed by atoms with Crippen molar-refractivity contribution in [3.8, 4) is 0 Å². The van der Waals surface area contributed by atoms with Gasteiger partial charge in [0.05, 0.1) is 23.0 Å². The number of sulfonamides is 1. The summed E-state index contributed by atoms with van der Waals surface area (Å²) in [6, 6.07) is 13.0. The predicted octanol–water partition coefficient (Wildman–Crippen LogP) is 5.26. The van der Waals surface area contributed by atoms with Gasteiger partial charge in [0.25, 0.3) is 0 Å². The van der Waals surface area contributed by atoms with Crippen molar-refractivity contribution in [1.82, 2.24) is 9.21 Å². The van der Waals surface area contributed by atoms with Crippen molar-refractivity contribution in [3.05, 3.63) is 87.1 Å². The summed E-state index contributed by atoms with van der Waals surface area (Å²) in [7, 11) is -4.32. The lowest BCUT2D eigenvalue weighted by atomic mass is 9.90. The maximum atomic E-state index is 13.5. The Morgan fingerprint density at radius 3 is 2.54 bits per heavy atom. The Bertz CT molecular complexity index is 1340. The highest BCUT2D eigenvalue weighted by atomic mass is 32.2. The standard InChI is InChI=1S/C25H25F3N2O3S2/c1-3-29(35(32,33)19-9-6-8-18(15-19)25(26,27)28)16-23(31)30-13-11-22-21(12-14-34-22)24(30)20-10-5-4-7-17(20)2/h4-10,12,14-15,24H,3,11,13,16H2,1-2H3. The fraction of sp³-hybridized carbons (Fsp3) is 0.320. The molecule has 0 saturated heterocycles. The summed E-state index contributed by atoms with van der Waals surface area (Å²) >= 11 is 1.63. The molecule has 1 aromatic heterocycles. The number of aryl methyl sites for hydroxylation is 1. The minimum absolute atomic E-state index is 0.0586. The Morgan fingerprint density at radius 2 is 1.86 bits per heavy atom. The smallest absolute Gasteiger partial charge is 0.330 e. The Balaban J connectivity index is 1.65. The van der Waals surface area contributed by atoms with Gasteiger partial charge in [-0.1, -0.05) is 37.3 Å². The normalized spacial score (nSPS) is 16.4. The van der Waals surface area contributed by atoms with Gasteiger partial charge in [0.2, 0.25) is 15.9 Å². The molecule has 1 aliphatic heterocycles. The summed E-state index contributed by atoms with van der Waals surface area (Å²) in [4.78, 5) is 15.9. The lowest BCUT2D eigenvalue weighted by Gasteiger charge is -2.38. The summed E-state index contributed by atoms with van der Waals surface area (Å²) in [5, 5.41) is 1.99. The van der Waals surface area contributed by atoms with Crippen molar-refractivity contribution in [1.29, 1.82) is 0 Å². The molecule has 1 unspecified atom stereocenters. The number of alkyl halides is 3. The van der Waals surface area contributed by atoms with Gasteiger partial charge >= 0.3 is 6.18 Å². The van der Waals surface area contributed by atoms with E-state index in [4.69, 9.17) is 0 Å². The van der Waals surface area contributed by atoms with Gasteiger partial charge in [-0.25, -0.2) is 8.42 Å². The van der Waals surface area contributed by atoms with E-state index in [1.165, 1.54) is 4.88 Å². The molecule has 0 saturated carbocycles. The average Bonchev–Trinajstić information content (AvgIpc) is 3.30. The molecule has 0 bridgehead atoms. The van der Waals surface area contributed by atoms with Crippen LogP contribution in [0, 0.1) is 6.92 Å².